The van der Waals surface area contributed by atoms with Gasteiger partial charge in [-0.2, -0.15) is 24.6 Å². The molecule has 0 N–H and O–H groups in total. The number of hydrogen-bond donors (Lipinski definition) is 0. The summed E-state index contributed by atoms with van der Waals surface area (Å²) < 4.78 is 0. The minimum atomic E-state index is 0. The summed E-state index contributed by atoms with van der Waals surface area (Å²) in [5.41, 5.74) is 2.08. The Morgan fingerprint density at radius 1 is 1.17 bits per heavy atom. The minimum absolute atomic E-state index is 0. The van der Waals surface area contributed by atoms with E-state index in [0.29, 0.717) is 0 Å². The first-order valence-corrected chi connectivity index (χ1v) is 3.17. The monoisotopic (exact) mass is 233 g/mol. The molecular weight excluding hydrogens is 221 g/mol. The molecule has 0 aliphatic heterocycles. The van der Waals surface area contributed by atoms with Crippen LogP contribution in [0.15, 0.2) is 24.3 Å². The molecule has 1 heteroatoms. The Hall–Kier alpha value is -0.246. The van der Waals surface area contributed by atoms with Crippen LogP contribution in [-0.2, 0) is 32.7 Å². The van der Waals surface area contributed by atoms with Crippen molar-refractivity contribution >= 4 is 0 Å². The van der Waals surface area contributed by atoms with Gasteiger partial charge in [-0.3, -0.25) is 0 Å². The Bertz CT molecular complexity index is 261. The average Bonchev–Trinajstić information content (AvgIpc) is 1.95. The molecule has 0 bridgehead atoms. The van der Waals surface area contributed by atoms with E-state index in [9.17, 15) is 0 Å². The molecule has 0 unspecified atom stereocenters. The van der Waals surface area contributed by atoms with Crippen LogP contribution in [-0.4, -0.2) is 0 Å². The Balaban J connectivity index is 0. The van der Waals surface area contributed by atoms with Crippen molar-refractivity contribution in [2.45, 2.75) is 6.92 Å². The molecule has 0 fully saturated rings. The Labute approximate surface area is 101 Å². The van der Waals surface area contributed by atoms with E-state index in [0.717, 1.165) is 11.1 Å². The molecule has 0 aliphatic carbocycles. The second-order valence-electron chi connectivity index (χ2n) is 2.07. The molecule has 12 heavy (non-hydrogen) atoms. The second-order valence-corrected chi connectivity index (χ2v) is 2.07. The van der Waals surface area contributed by atoms with Crippen molar-refractivity contribution in [1.82, 2.24) is 0 Å². The van der Waals surface area contributed by atoms with Crippen LogP contribution in [0.3, 0.4) is 0 Å². The predicted molar refractivity (Wildman–Crippen MR) is 49.9 cm³/mol. The largest absolute Gasteiger partial charge is 0.358 e. The van der Waals surface area contributed by atoms with Gasteiger partial charge >= 0.3 is 0 Å². The van der Waals surface area contributed by atoms with Crippen molar-refractivity contribution in [3.05, 3.63) is 49.7 Å². The topological polar surface area (TPSA) is 0 Å². The molecule has 1 aromatic carbocycles. The van der Waals surface area contributed by atoms with Crippen LogP contribution in [0.1, 0.15) is 18.1 Å². The van der Waals surface area contributed by atoms with Gasteiger partial charge in [0.05, 0.1) is 0 Å². The van der Waals surface area contributed by atoms with Crippen molar-refractivity contribution < 1.29 is 32.7 Å². The average molecular weight is 233 g/mol. The van der Waals surface area contributed by atoms with E-state index < -0.39 is 0 Å². The molecule has 0 amide bonds. The molecule has 61 valence electrons. The SMILES string of the molecule is [CH2-]c1ccc(C#CC)cc1.[CH3-].[Y]. The van der Waals surface area contributed by atoms with Gasteiger partial charge in [-0.15, -0.1) is 18.1 Å². The molecule has 1 aromatic rings. The van der Waals surface area contributed by atoms with Crippen molar-refractivity contribution in [2.75, 3.05) is 0 Å². The number of rotatable bonds is 0. The van der Waals surface area contributed by atoms with Crippen LogP contribution in [0.2, 0.25) is 0 Å². The van der Waals surface area contributed by atoms with E-state index in [2.05, 4.69) is 18.8 Å². The summed E-state index contributed by atoms with van der Waals surface area (Å²) in [5.74, 6) is 5.79. The van der Waals surface area contributed by atoms with Gasteiger partial charge in [0.2, 0.25) is 0 Å². The standard InChI is InChI=1S/C10H9.CH3.Y/c1-3-4-10-7-5-9(2)6-8-10;;/h5-8H,2H2,1H3;1H3;/q2*-1;. The van der Waals surface area contributed by atoms with Gasteiger partial charge in [0.25, 0.3) is 0 Å². The zero-order chi connectivity index (χ0) is 7.40. The third-order valence-corrected chi connectivity index (χ3v) is 1.22. The maximum Gasteiger partial charge on any atom is 0.000316 e. The van der Waals surface area contributed by atoms with Crippen LogP contribution in [0.5, 0.6) is 0 Å². The van der Waals surface area contributed by atoms with E-state index in [1.165, 1.54) is 0 Å². The van der Waals surface area contributed by atoms with Gasteiger partial charge in [-0.25, -0.2) is 0 Å². The van der Waals surface area contributed by atoms with E-state index in [-0.39, 0.29) is 40.1 Å². The Morgan fingerprint density at radius 2 is 1.67 bits per heavy atom. The number of benzene rings is 1. The second kappa shape index (κ2) is 7.41. The Morgan fingerprint density at radius 3 is 2.08 bits per heavy atom. The zero-order valence-electron chi connectivity index (χ0n) is 7.59. The van der Waals surface area contributed by atoms with Gasteiger partial charge in [0, 0.05) is 38.3 Å². The number of hydrogen-bond acceptors (Lipinski definition) is 0. The molecule has 0 heterocycles. The van der Waals surface area contributed by atoms with Gasteiger partial charge in [-0.1, -0.05) is 5.92 Å². The molecular formula is C11H12Y-2. The molecule has 1 radical (unpaired) electrons. The molecule has 0 aromatic heterocycles. The molecule has 0 saturated carbocycles. The van der Waals surface area contributed by atoms with Gasteiger partial charge < -0.3 is 7.43 Å². The predicted octanol–water partition coefficient (Wildman–Crippen LogP) is 2.69. The summed E-state index contributed by atoms with van der Waals surface area (Å²) >= 11 is 0. The molecule has 1 rings (SSSR count). The maximum atomic E-state index is 3.77. The summed E-state index contributed by atoms with van der Waals surface area (Å²) in [6.45, 7) is 5.61. The fourth-order valence-corrected chi connectivity index (χ4v) is 0.732. The van der Waals surface area contributed by atoms with E-state index in [1.54, 1.807) is 0 Å². The first-order valence-electron chi connectivity index (χ1n) is 3.17. The van der Waals surface area contributed by atoms with Crippen LogP contribution in [0.4, 0.5) is 0 Å². The summed E-state index contributed by atoms with van der Waals surface area (Å²) in [7, 11) is 0. The fraction of sp³-hybridized carbons (Fsp3) is 0.0909. The van der Waals surface area contributed by atoms with Crippen molar-refractivity contribution in [3.63, 3.8) is 0 Å². The van der Waals surface area contributed by atoms with Gasteiger partial charge in [-0.05, 0) is 6.92 Å². The van der Waals surface area contributed by atoms with E-state index in [4.69, 9.17) is 0 Å². The van der Waals surface area contributed by atoms with Crippen LogP contribution >= 0.6 is 0 Å². The molecule has 0 saturated heterocycles. The minimum Gasteiger partial charge on any atom is -0.358 e. The third-order valence-electron chi connectivity index (χ3n) is 1.22. The summed E-state index contributed by atoms with van der Waals surface area (Å²) in [6, 6.07) is 7.86. The van der Waals surface area contributed by atoms with Crippen LogP contribution < -0.4 is 0 Å². The zero-order valence-corrected chi connectivity index (χ0v) is 10.4. The first-order chi connectivity index (χ1) is 4.83. The third kappa shape index (κ3) is 4.60. The Kier molecular flexibility index (Phi) is 8.82. The van der Waals surface area contributed by atoms with E-state index in [1.807, 2.05) is 31.2 Å². The van der Waals surface area contributed by atoms with Crippen LogP contribution in [0.25, 0.3) is 0 Å². The van der Waals surface area contributed by atoms with Crippen molar-refractivity contribution in [3.8, 4) is 11.8 Å². The van der Waals surface area contributed by atoms with Gasteiger partial charge in [0.15, 0.2) is 0 Å². The van der Waals surface area contributed by atoms with E-state index >= 15 is 0 Å². The molecule has 0 spiro atoms. The normalized spacial score (nSPS) is 6.75. The van der Waals surface area contributed by atoms with Crippen molar-refractivity contribution in [1.29, 1.82) is 0 Å². The quantitative estimate of drug-likeness (QED) is 0.477. The molecule has 0 nitrogen and oxygen atoms in total. The summed E-state index contributed by atoms with van der Waals surface area (Å²) in [4.78, 5) is 0. The fourth-order valence-electron chi connectivity index (χ4n) is 0.732. The smallest absolute Gasteiger partial charge is 0.000316 e. The molecule has 0 aliphatic rings. The van der Waals surface area contributed by atoms with Crippen LogP contribution in [0, 0.1) is 26.2 Å². The van der Waals surface area contributed by atoms with Crippen molar-refractivity contribution in [2.24, 2.45) is 0 Å². The molecule has 0 atom stereocenters. The van der Waals surface area contributed by atoms with Gasteiger partial charge in [0.1, 0.15) is 0 Å². The first kappa shape index (κ1) is 14.3. The summed E-state index contributed by atoms with van der Waals surface area (Å²) in [5, 5.41) is 0. The maximum absolute atomic E-state index is 3.77. The summed E-state index contributed by atoms with van der Waals surface area (Å²) in [6.07, 6.45) is 0.